The predicted octanol–water partition coefficient (Wildman–Crippen LogP) is 5.99. The Morgan fingerprint density at radius 1 is 0.917 bits per heavy atom. The summed E-state index contributed by atoms with van der Waals surface area (Å²) < 4.78 is 28.4. The molecule has 0 atom stereocenters. The van der Waals surface area contributed by atoms with Gasteiger partial charge in [-0.2, -0.15) is 0 Å². The maximum atomic E-state index is 13.5. The Balaban J connectivity index is 1.28. The summed E-state index contributed by atoms with van der Waals surface area (Å²) in [6.45, 7) is 0. The molecule has 0 aliphatic carbocycles. The Hall–Kier alpha value is -3.89. The molecule has 0 unspecified atom stereocenters. The van der Waals surface area contributed by atoms with Gasteiger partial charge in [0.05, 0.1) is 5.75 Å². The number of carbonyl (C=O) groups excluding carboxylic acids is 1. The SMILES string of the molecule is O=C(CSc1nnc(-c2ccccc2)n1-c1ccc(F)cc1)Nc1ncc(Cc2ccc(F)cc2)s1. The smallest absolute Gasteiger partial charge is 0.236 e. The van der Waals surface area contributed by atoms with Crippen LogP contribution in [0, 0.1) is 11.6 Å². The number of thiazole rings is 1. The van der Waals surface area contributed by atoms with Crippen molar-refractivity contribution >= 4 is 34.1 Å². The van der Waals surface area contributed by atoms with Gasteiger partial charge in [-0.1, -0.05) is 54.2 Å². The Bertz CT molecular complexity index is 1470. The van der Waals surface area contributed by atoms with Crippen LogP contribution in [-0.4, -0.2) is 31.4 Å². The van der Waals surface area contributed by atoms with Crippen molar-refractivity contribution < 1.29 is 13.6 Å². The van der Waals surface area contributed by atoms with Crippen LogP contribution >= 0.6 is 23.1 Å². The van der Waals surface area contributed by atoms with Gasteiger partial charge in [-0.3, -0.25) is 9.36 Å². The molecule has 180 valence electrons. The summed E-state index contributed by atoms with van der Waals surface area (Å²) in [6.07, 6.45) is 2.31. The van der Waals surface area contributed by atoms with Gasteiger partial charge in [0.25, 0.3) is 0 Å². The van der Waals surface area contributed by atoms with Crippen LogP contribution in [0.15, 0.2) is 90.2 Å². The average Bonchev–Trinajstić information content (AvgIpc) is 3.52. The molecular formula is C26H19F2N5OS2. The second kappa shape index (κ2) is 10.8. The van der Waals surface area contributed by atoms with E-state index in [9.17, 15) is 13.6 Å². The number of thioether (sulfide) groups is 1. The van der Waals surface area contributed by atoms with E-state index >= 15 is 0 Å². The molecule has 6 nitrogen and oxygen atoms in total. The van der Waals surface area contributed by atoms with Gasteiger partial charge < -0.3 is 5.32 Å². The van der Waals surface area contributed by atoms with Gasteiger partial charge in [0.15, 0.2) is 16.1 Å². The molecule has 0 fully saturated rings. The van der Waals surface area contributed by atoms with Crippen molar-refractivity contribution in [1.29, 1.82) is 0 Å². The molecule has 0 saturated carbocycles. The number of nitrogens with zero attached hydrogens (tertiary/aromatic N) is 4. The minimum atomic E-state index is -0.344. The van der Waals surface area contributed by atoms with E-state index in [1.165, 1.54) is 47.4 Å². The molecule has 0 radical (unpaired) electrons. The molecule has 3 aromatic carbocycles. The van der Waals surface area contributed by atoms with Gasteiger partial charge in [-0.05, 0) is 42.0 Å². The van der Waals surface area contributed by atoms with E-state index in [-0.39, 0.29) is 23.3 Å². The topological polar surface area (TPSA) is 72.7 Å². The van der Waals surface area contributed by atoms with Crippen LogP contribution in [0.4, 0.5) is 13.9 Å². The van der Waals surface area contributed by atoms with Gasteiger partial charge in [-0.15, -0.1) is 21.5 Å². The highest BCUT2D eigenvalue weighted by atomic mass is 32.2. The van der Waals surface area contributed by atoms with Crippen molar-refractivity contribution in [2.24, 2.45) is 0 Å². The van der Waals surface area contributed by atoms with Gasteiger partial charge >= 0.3 is 0 Å². The molecule has 0 aliphatic heterocycles. The zero-order valence-electron chi connectivity index (χ0n) is 18.8. The van der Waals surface area contributed by atoms with Crippen molar-refractivity contribution in [1.82, 2.24) is 19.7 Å². The highest BCUT2D eigenvalue weighted by Gasteiger charge is 2.18. The summed E-state index contributed by atoms with van der Waals surface area (Å²) in [7, 11) is 0. The number of aromatic nitrogens is 4. The molecule has 0 aliphatic rings. The van der Waals surface area contributed by atoms with E-state index in [2.05, 4.69) is 20.5 Å². The summed E-state index contributed by atoms with van der Waals surface area (Å²) in [5.41, 5.74) is 2.50. The Kier molecular flexibility index (Phi) is 7.15. The van der Waals surface area contributed by atoms with E-state index in [0.717, 1.165) is 16.0 Å². The maximum absolute atomic E-state index is 13.5. The fraction of sp³-hybridized carbons (Fsp3) is 0.0769. The zero-order valence-corrected chi connectivity index (χ0v) is 20.4. The standard InChI is InChI=1S/C26H19F2N5OS2/c27-19-8-6-17(7-9-19)14-22-15-29-25(36-22)30-23(34)16-35-26-32-31-24(18-4-2-1-3-5-18)33(26)21-12-10-20(28)11-13-21/h1-13,15H,14,16H2,(H,29,30,34). The van der Waals surface area contributed by atoms with E-state index in [4.69, 9.17) is 0 Å². The lowest BCUT2D eigenvalue weighted by molar-refractivity contribution is -0.113. The third-order valence-electron chi connectivity index (χ3n) is 5.17. The lowest BCUT2D eigenvalue weighted by Gasteiger charge is -2.10. The van der Waals surface area contributed by atoms with Crippen LogP contribution in [0.2, 0.25) is 0 Å². The van der Waals surface area contributed by atoms with Crippen LogP contribution < -0.4 is 5.32 Å². The van der Waals surface area contributed by atoms with E-state index in [1.807, 2.05) is 30.3 Å². The molecule has 1 amide bonds. The molecule has 36 heavy (non-hydrogen) atoms. The fourth-order valence-corrected chi connectivity index (χ4v) is 5.11. The minimum Gasteiger partial charge on any atom is -0.301 e. The minimum absolute atomic E-state index is 0.0843. The largest absolute Gasteiger partial charge is 0.301 e. The number of rotatable bonds is 8. The first-order valence-corrected chi connectivity index (χ1v) is 12.7. The number of halogens is 2. The van der Waals surface area contributed by atoms with Gasteiger partial charge in [0, 0.05) is 28.7 Å². The van der Waals surface area contributed by atoms with Crippen molar-refractivity contribution in [2.75, 3.05) is 11.1 Å². The van der Waals surface area contributed by atoms with Crippen molar-refractivity contribution in [3.8, 4) is 17.1 Å². The van der Waals surface area contributed by atoms with Crippen molar-refractivity contribution in [3.63, 3.8) is 0 Å². The van der Waals surface area contributed by atoms with E-state index in [0.29, 0.717) is 28.2 Å². The van der Waals surface area contributed by atoms with E-state index < -0.39 is 0 Å². The second-order valence-electron chi connectivity index (χ2n) is 7.76. The number of anilines is 1. The number of nitrogens with one attached hydrogen (secondary N) is 1. The van der Waals surface area contributed by atoms with Gasteiger partial charge in [0.2, 0.25) is 5.91 Å². The summed E-state index contributed by atoms with van der Waals surface area (Å²) in [4.78, 5) is 17.9. The monoisotopic (exact) mass is 519 g/mol. The molecule has 1 N–H and O–H groups in total. The van der Waals surface area contributed by atoms with Crippen molar-refractivity contribution in [2.45, 2.75) is 11.6 Å². The number of hydrogen-bond donors (Lipinski definition) is 1. The quantitative estimate of drug-likeness (QED) is 0.255. The van der Waals surface area contributed by atoms with E-state index in [1.54, 1.807) is 35.0 Å². The van der Waals surface area contributed by atoms with Crippen LogP contribution in [-0.2, 0) is 11.2 Å². The molecule has 5 rings (SSSR count). The normalized spacial score (nSPS) is 10.9. The molecular weight excluding hydrogens is 500 g/mol. The highest BCUT2D eigenvalue weighted by molar-refractivity contribution is 7.99. The number of hydrogen-bond acceptors (Lipinski definition) is 6. The predicted molar refractivity (Wildman–Crippen MR) is 137 cm³/mol. The summed E-state index contributed by atoms with van der Waals surface area (Å²) >= 11 is 2.59. The summed E-state index contributed by atoms with van der Waals surface area (Å²) in [5, 5.41) is 12.4. The first kappa shape index (κ1) is 23.8. The summed E-state index contributed by atoms with van der Waals surface area (Å²) in [5.74, 6) is -0.183. The number of carbonyl (C=O) groups is 1. The first-order valence-electron chi connectivity index (χ1n) is 10.9. The van der Waals surface area contributed by atoms with Crippen LogP contribution in [0.3, 0.4) is 0 Å². The zero-order chi connectivity index (χ0) is 24.9. The van der Waals surface area contributed by atoms with Crippen molar-refractivity contribution in [3.05, 3.63) is 107 Å². The molecule has 0 bridgehead atoms. The van der Waals surface area contributed by atoms with Gasteiger partial charge in [0.1, 0.15) is 11.6 Å². The molecule has 2 heterocycles. The Morgan fingerprint density at radius 2 is 1.61 bits per heavy atom. The number of amides is 1. The Morgan fingerprint density at radius 3 is 2.33 bits per heavy atom. The first-order chi connectivity index (χ1) is 17.5. The fourth-order valence-electron chi connectivity index (χ4n) is 3.50. The highest BCUT2D eigenvalue weighted by Crippen LogP contribution is 2.28. The Labute approximate surface area is 214 Å². The molecule has 5 aromatic rings. The molecule has 0 saturated heterocycles. The average molecular weight is 520 g/mol. The van der Waals surface area contributed by atoms with Crippen LogP contribution in [0.5, 0.6) is 0 Å². The lowest BCUT2D eigenvalue weighted by Crippen LogP contribution is -2.14. The van der Waals surface area contributed by atoms with Gasteiger partial charge in [-0.25, -0.2) is 13.8 Å². The third-order valence-corrected chi connectivity index (χ3v) is 7.02. The third kappa shape index (κ3) is 5.67. The van der Waals surface area contributed by atoms with Crippen LogP contribution in [0.25, 0.3) is 17.1 Å². The summed E-state index contributed by atoms with van der Waals surface area (Å²) in [6, 6.07) is 21.9. The molecule has 0 spiro atoms. The molecule has 2 aromatic heterocycles. The maximum Gasteiger partial charge on any atom is 0.236 e. The number of benzene rings is 3. The molecule has 10 heteroatoms. The van der Waals surface area contributed by atoms with Crippen LogP contribution in [0.1, 0.15) is 10.4 Å². The second-order valence-corrected chi connectivity index (χ2v) is 9.81. The lowest BCUT2D eigenvalue weighted by atomic mass is 10.1.